The first kappa shape index (κ1) is 12.4. The average Bonchev–Trinajstić information content (AvgIpc) is 2.38. The summed E-state index contributed by atoms with van der Waals surface area (Å²) >= 11 is 5.82. The van der Waals surface area contributed by atoms with E-state index in [4.69, 9.17) is 21.5 Å². The highest BCUT2D eigenvalue weighted by Gasteiger charge is 2.14. The van der Waals surface area contributed by atoms with Crippen LogP contribution >= 0.6 is 11.6 Å². The Kier molecular flexibility index (Phi) is 4.36. The molecule has 1 aromatic carbocycles. The van der Waals surface area contributed by atoms with Crippen LogP contribution in [0.2, 0.25) is 5.02 Å². The van der Waals surface area contributed by atoms with Crippen LogP contribution in [-0.2, 0) is 4.74 Å². The molecule has 2 rings (SSSR count). The Morgan fingerprint density at radius 1 is 1.29 bits per heavy atom. The molecule has 17 heavy (non-hydrogen) atoms. The first-order chi connectivity index (χ1) is 8.29. The minimum Gasteiger partial charge on any atom is -0.411 e. The Balaban J connectivity index is 2.03. The molecule has 0 unspecified atom stereocenters. The van der Waals surface area contributed by atoms with Gasteiger partial charge in [-0.15, -0.1) is 0 Å². The predicted molar refractivity (Wildman–Crippen MR) is 67.0 cm³/mol. The van der Waals surface area contributed by atoms with Gasteiger partial charge in [0, 0.05) is 30.2 Å². The lowest BCUT2D eigenvalue weighted by atomic mass is 10.1. The second-order valence-electron chi connectivity index (χ2n) is 3.94. The van der Waals surface area contributed by atoms with Crippen molar-refractivity contribution in [2.75, 3.05) is 32.8 Å². The molecule has 0 radical (unpaired) electrons. The summed E-state index contributed by atoms with van der Waals surface area (Å²) in [5, 5.41) is 13.1. The number of morpholine rings is 1. The molecule has 1 heterocycles. The minimum atomic E-state index is 0.626. The van der Waals surface area contributed by atoms with E-state index in [1.165, 1.54) is 0 Å². The van der Waals surface area contributed by atoms with Crippen molar-refractivity contribution in [1.29, 1.82) is 0 Å². The molecule has 1 aliphatic heterocycles. The molecular formula is C12H15ClN2O2. The smallest absolute Gasteiger partial charge is 0.101 e. The van der Waals surface area contributed by atoms with E-state index >= 15 is 0 Å². The molecule has 1 aromatic rings. The molecule has 0 aromatic heterocycles. The molecule has 0 bridgehead atoms. The molecule has 1 fully saturated rings. The molecule has 0 spiro atoms. The van der Waals surface area contributed by atoms with Crippen molar-refractivity contribution in [2.24, 2.45) is 5.16 Å². The number of ether oxygens (including phenoxy) is 1. The standard InChI is InChI=1S/C12H15ClN2O2/c13-11-3-1-10(2-4-11)12(14-16)9-15-5-7-17-8-6-15/h1-4,16H,5-9H2. The Hall–Kier alpha value is -1.10. The lowest BCUT2D eigenvalue weighted by molar-refractivity contribution is 0.0450. The number of hydrogen-bond acceptors (Lipinski definition) is 4. The number of rotatable bonds is 3. The molecule has 0 amide bonds. The third kappa shape index (κ3) is 3.43. The Bertz CT molecular complexity index is 386. The monoisotopic (exact) mass is 254 g/mol. The Morgan fingerprint density at radius 2 is 1.94 bits per heavy atom. The Morgan fingerprint density at radius 3 is 2.53 bits per heavy atom. The molecule has 92 valence electrons. The highest BCUT2D eigenvalue weighted by molar-refractivity contribution is 6.30. The van der Waals surface area contributed by atoms with Gasteiger partial charge in [0.2, 0.25) is 0 Å². The summed E-state index contributed by atoms with van der Waals surface area (Å²) < 4.78 is 5.27. The normalized spacial score (nSPS) is 18.3. The van der Waals surface area contributed by atoms with Crippen molar-refractivity contribution in [3.8, 4) is 0 Å². The van der Waals surface area contributed by atoms with E-state index in [0.29, 0.717) is 17.3 Å². The van der Waals surface area contributed by atoms with E-state index in [1.54, 1.807) is 12.1 Å². The largest absolute Gasteiger partial charge is 0.411 e. The summed E-state index contributed by atoms with van der Waals surface area (Å²) in [4.78, 5) is 2.20. The number of hydrogen-bond donors (Lipinski definition) is 1. The zero-order valence-electron chi connectivity index (χ0n) is 9.47. The molecule has 0 atom stereocenters. The number of oxime groups is 1. The van der Waals surface area contributed by atoms with Gasteiger partial charge in [-0.2, -0.15) is 0 Å². The van der Waals surface area contributed by atoms with Crippen LogP contribution in [0, 0.1) is 0 Å². The SMILES string of the molecule is ON=C(CN1CCOCC1)c1ccc(Cl)cc1. The zero-order valence-corrected chi connectivity index (χ0v) is 10.2. The van der Waals surface area contributed by atoms with Crippen LogP contribution in [0.25, 0.3) is 0 Å². The summed E-state index contributed by atoms with van der Waals surface area (Å²) in [6, 6.07) is 7.30. The van der Waals surface area contributed by atoms with Gasteiger partial charge in [0.15, 0.2) is 0 Å². The van der Waals surface area contributed by atoms with Crippen molar-refractivity contribution in [3.05, 3.63) is 34.9 Å². The van der Waals surface area contributed by atoms with E-state index < -0.39 is 0 Å². The quantitative estimate of drug-likeness (QED) is 0.509. The van der Waals surface area contributed by atoms with Gasteiger partial charge in [-0.1, -0.05) is 28.9 Å². The lowest BCUT2D eigenvalue weighted by Crippen LogP contribution is -2.39. The number of nitrogens with zero attached hydrogens (tertiary/aromatic N) is 2. The van der Waals surface area contributed by atoms with E-state index in [9.17, 15) is 0 Å². The van der Waals surface area contributed by atoms with E-state index in [2.05, 4.69) is 10.1 Å². The first-order valence-corrected chi connectivity index (χ1v) is 5.94. The van der Waals surface area contributed by atoms with Gasteiger partial charge in [-0.25, -0.2) is 0 Å². The second-order valence-corrected chi connectivity index (χ2v) is 4.38. The van der Waals surface area contributed by atoms with Crippen LogP contribution in [0.3, 0.4) is 0 Å². The highest BCUT2D eigenvalue weighted by atomic mass is 35.5. The van der Waals surface area contributed by atoms with Crippen molar-refractivity contribution in [1.82, 2.24) is 4.90 Å². The Labute approximate surface area is 105 Å². The van der Waals surface area contributed by atoms with Crippen LogP contribution in [0.15, 0.2) is 29.4 Å². The molecule has 1 aliphatic rings. The van der Waals surface area contributed by atoms with Crippen LogP contribution in [0.1, 0.15) is 5.56 Å². The highest BCUT2D eigenvalue weighted by Crippen LogP contribution is 2.11. The van der Waals surface area contributed by atoms with Gasteiger partial charge in [0.05, 0.1) is 13.2 Å². The number of halogens is 1. The van der Waals surface area contributed by atoms with Crippen molar-refractivity contribution < 1.29 is 9.94 Å². The maximum absolute atomic E-state index is 9.08. The van der Waals surface area contributed by atoms with Crippen LogP contribution in [0.5, 0.6) is 0 Å². The summed E-state index contributed by atoms with van der Waals surface area (Å²) in [6.07, 6.45) is 0. The lowest BCUT2D eigenvalue weighted by Gasteiger charge is -2.26. The van der Waals surface area contributed by atoms with E-state index in [-0.39, 0.29) is 0 Å². The van der Waals surface area contributed by atoms with Gasteiger partial charge >= 0.3 is 0 Å². The summed E-state index contributed by atoms with van der Waals surface area (Å²) in [6.45, 7) is 3.83. The topological polar surface area (TPSA) is 45.1 Å². The van der Waals surface area contributed by atoms with Crippen LogP contribution in [-0.4, -0.2) is 48.7 Å². The van der Waals surface area contributed by atoms with Crippen molar-refractivity contribution >= 4 is 17.3 Å². The molecule has 0 saturated carbocycles. The van der Waals surface area contributed by atoms with Gasteiger partial charge in [-0.3, -0.25) is 4.90 Å². The average molecular weight is 255 g/mol. The molecule has 1 saturated heterocycles. The fourth-order valence-electron chi connectivity index (χ4n) is 1.79. The fourth-order valence-corrected chi connectivity index (χ4v) is 1.92. The van der Waals surface area contributed by atoms with Gasteiger partial charge in [0.25, 0.3) is 0 Å². The summed E-state index contributed by atoms with van der Waals surface area (Å²) in [5.41, 5.74) is 1.55. The molecular weight excluding hydrogens is 240 g/mol. The summed E-state index contributed by atoms with van der Waals surface area (Å²) in [5.74, 6) is 0. The van der Waals surface area contributed by atoms with Gasteiger partial charge in [-0.05, 0) is 12.1 Å². The van der Waals surface area contributed by atoms with Gasteiger partial charge < -0.3 is 9.94 Å². The van der Waals surface area contributed by atoms with Gasteiger partial charge in [0.1, 0.15) is 5.71 Å². The summed E-state index contributed by atoms with van der Waals surface area (Å²) in [7, 11) is 0. The molecule has 0 aliphatic carbocycles. The van der Waals surface area contributed by atoms with E-state index in [0.717, 1.165) is 31.9 Å². The van der Waals surface area contributed by atoms with Crippen LogP contribution in [0.4, 0.5) is 0 Å². The third-order valence-electron chi connectivity index (χ3n) is 2.78. The molecule has 4 nitrogen and oxygen atoms in total. The maximum atomic E-state index is 9.08. The molecule has 1 N–H and O–H groups in total. The second kappa shape index (κ2) is 6.00. The fraction of sp³-hybridized carbons (Fsp3) is 0.417. The van der Waals surface area contributed by atoms with Crippen molar-refractivity contribution in [3.63, 3.8) is 0 Å². The third-order valence-corrected chi connectivity index (χ3v) is 3.03. The predicted octanol–water partition coefficient (Wildman–Crippen LogP) is 1.85. The van der Waals surface area contributed by atoms with Crippen molar-refractivity contribution in [2.45, 2.75) is 0 Å². The zero-order chi connectivity index (χ0) is 12.1. The maximum Gasteiger partial charge on any atom is 0.101 e. The first-order valence-electron chi connectivity index (χ1n) is 5.56. The molecule has 5 heteroatoms. The number of benzene rings is 1. The van der Waals surface area contributed by atoms with E-state index in [1.807, 2.05) is 12.1 Å². The van der Waals surface area contributed by atoms with Crippen LogP contribution < -0.4 is 0 Å². The minimum absolute atomic E-state index is 0.626.